The third kappa shape index (κ3) is 4.03. The van der Waals surface area contributed by atoms with E-state index in [2.05, 4.69) is 87.3 Å². The number of nitrogens with one attached hydrogen (secondary N) is 1. The summed E-state index contributed by atoms with van der Waals surface area (Å²) < 4.78 is 2.44. The summed E-state index contributed by atoms with van der Waals surface area (Å²) in [5.41, 5.74) is 2.68. The van der Waals surface area contributed by atoms with Crippen LogP contribution in [0.15, 0.2) is 34.1 Å². The number of aryl methyl sites for hydroxylation is 1. The van der Waals surface area contributed by atoms with E-state index in [4.69, 9.17) is 0 Å². The molecule has 1 unspecified atom stereocenters. The second kappa shape index (κ2) is 7.20. The van der Waals surface area contributed by atoms with Gasteiger partial charge in [-0.05, 0) is 83.3 Å². The fourth-order valence-electron chi connectivity index (χ4n) is 2.05. The average Bonchev–Trinajstić information content (AvgIpc) is 2.80. The molecule has 102 valence electrons. The Morgan fingerprint density at radius 2 is 2.16 bits per heavy atom. The first-order valence-corrected chi connectivity index (χ1v) is 9.10. The average molecular weight is 450 g/mol. The van der Waals surface area contributed by atoms with Crippen molar-refractivity contribution >= 4 is 49.9 Å². The summed E-state index contributed by atoms with van der Waals surface area (Å²) in [6, 6.07) is 9.07. The fraction of sp³-hybridized carbons (Fsp3) is 0.333. The van der Waals surface area contributed by atoms with Crippen molar-refractivity contribution in [1.82, 2.24) is 5.32 Å². The van der Waals surface area contributed by atoms with Gasteiger partial charge in [-0.2, -0.15) is 0 Å². The molecule has 1 aromatic heterocycles. The van der Waals surface area contributed by atoms with Gasteiger partial charge in [0.05, 0.1) is 6.04 Å². The predicted molar refractivity (Wildman–Crippen MR) is 96.1 cm³/mol. The molecule has 2 aromatic rings. The summed E-state index contributed by atoms with van der Waals surface area (Å²) >= 11 is 7.87. The number of halogens is 2. The maximum Gasteiger partial charge on any atom is 0.0596 e. The Balaban J connectivity index is 2.39. The highest BCUT2D eigenvalue weighted by Gasteiger charge is 2.17. The van der Waals surface area contributed by atoms with Gasteiger partial charge in [0.25, 0.3) is 0 Å². The third-order valence-electron chi connectivity index (χ3n) is 2.95. The lowest BCUT2D eigenvalue weighted by molar-refractivity contribution is 0.598. The van der Waals surface area contributed by atoms with E-state index in [1.165, 1.54) is 24.0 Å². The molecule has 1 N–H and O–H groups in total. The molecular formula is C15H17BrINS. The van der Waals surface area contributed by atoms with Gasteiger partial charge in [-0.15, -0.1) is 11.3 Å². The highest BCUT2D eigenvalue weighted by molar-refractivity contribution is 14.1. The first-order chi connectivity index (χ1) is 9.11. The lowest BCUT2D eigenvalue weighted by Crippen LogP contribution is -2.23. The molecule has 0 fully saturated rings. The molecule has 0 amide bonds. The summed E-state index contributed by atoms with van der Waals surface area (Å²) in [4.78, 5) is 1.36. The standard InChI is InChI=1S/C15H17BrINS/c1-3-6-18-15(11-7-10(2)19-9-11)13-8-12(17)4-5-14(13)16/h4-5,7-9,15,18H,3,6H2,1-2H3. The number of rotatable bonds is 5. The molecule has 0 spiro atoms. The van der Waals surface area contributed by atoms with E-state index in [9.17, 15) is 0 Å². The zero-order valence-corrected chi connectivity index (χ0v) is 15.6. The molecule has 0 radical (unpaired) electrons. The Bertz CT molecular complexity index is 553. The van der Waals surface area contributed by atoms with Crippen LogP contribution in [-0.2, 0) is 0 Å². The monoisotopic (exact) mass is 449 g/mol. The van der Waals surface area contributed by atoms with E-state index in [-0.39, 0.29) is 6.04 Å². The van der Waals surface area contributed by atoms with Crippen LogP contribution in [0, 0.1) is 10.5 Å². The van der Waals surface area contributed by atoms with E-state index >= 15 is 0 Å². The molecule has 0 saturated carbocycles. The van der Waals surface area contributed by atoms with Gasteiger partial charge in [-0.1, -0.05) is 22.9 Å². The maximum absolute atomic E-state index is 3.69. The van der Waals surface area contributed by atoms with Gasteiger partial charge in [-0.3, -0.25) is 0 Å². The lowest BCUT2D eigenvalue weighted by Gasteiger charge is -2.20. The second-order valence-electron chi connectivity index (χ2n) is 4.54. The summed E-state index contributed by atoms with van der Waals surface area (Å²) in [6.07, 6.45) is 1.14. The van der Waals surface area contributed by atoms with Crippen LogP contribution in [0.3, 0.4) is 0 Å². The minimum Gasteiger partial charge on any atom is -0.306 e. The molecule has 1 aromatic carbocycles. The van der Waals surface area contributed by atoms with Crippen molar-refractivity contribution in [2.24, 2.45) is 0 Å². The molecule has 0 aliphatic heterocycles. The molecule has 0 aliphatic carbocycles. The fourth-order valence-corrected chi connectivity index (χ4v) is 3.77. The van der Waals surface area contributed by atoms with Gasteiger partial charge >= 0.3 is 0 Å². The number of hydrogen-bond donors (Lipinski definition) is 1. The minimum atomic E-state index is 0.272. The van der Waals surface area contributed by atoms with Crippen LogP contribution >= 0.6 is 49.9 Å². The largest absolute Gasteiger partial charge is 0.306 e. The smallest absolute Gasteiger partial charge is 0.0596 e. The molecule has 0 saturated heterocycles. The van der Waals surface area contributed by atoms with Crippen molar-refractivity contribution in [2.75, 3.05) is 6.54 Å². The molecule has 2 rings (SSSR count). The van der Waals surface area contributed by atoms with Gasteiger partial charge in [0.1, 0.15) is 0 Å². The Kier molecular flexibility index (Phi) is 5.87. The predicted octanol–water partition coefficient (Wildman–Crippen LogP) is 5.51. The topological polar surface area (TPSA) is 12.0 Å². The number of hydrogen-bond acceptors (Lipinski definition) is 2. The summed E-state index contributed by atoms with van der Waals surface area (Å²) in [5, 5.41) is 5.92. The first-order valence-electron chi connectivity index (χ1n) is 6.35. The first kappa shape index (κ1) is 15.5. The van der Waals surface area contributed by atoms with Crippen LogP contribution in [-0.4, -0.2) is 6.54 Å². The SMILES string of the molecule is CCCNC(c1csc(C)c1)c1cc(I)ccc1Br. The number of thiophene rings is 1. The molecule has 19 heavy (non-hydrogen) atoms. The highest BCUT2D eigenvalue weighted by Crippen LogP contribution is 2.32. The molecule has 0 aliphatic rings. The Hall–Kier alpha value is 0.0900. The zero-order valence-electron chi connectivity index (χ0n) is 11.0. The molecular weight excluding hydrogens is 433 g/mol. The Morgan fingerprint density at radius 3 is 2.79 bits per heavy atom. The van der Waals surface area contributed by atoms with Gasteiger partial charge < -0.3 is 5.32 Å². The lowest BCUT2D eigenvalue weighted by atomic mass is 10.0. The van der Waals surface area contributed by atoms with Gasteiger partial charge in [-0.25, -0.2) is 0 Å². The molecule has 1 heterocycles. The summed E-state index contributed by atoms with van der Waals surface area (Å²) in [7, 11) is 0. The van der Waals surface area contributed by atoms with E-state index < -0.39 is 0 Å². The van der Waals surface area contributed by atoms with Crippen molar-refractivity contribution in [2.45, 2.75) is 26.3 Å². The van der Waals surface area contributed by atoms with E-state index in [1.54, 1.807) is 0 Å². The van der Waals surface area contributed by atoms with Crippen molar-refractivity contribution < 1.29 is 0 Å². The van der Waals surface area contributed by atoms with Crippen molar-refractivity contribution in [3.63, 3.8) is 0 Å². The molecule has 0 bridgehead atoms. The van der Waals surface area contributed by atoms with Crippen LogP contribution in [0.4, 0.5) is 0 Å². The van der Waals surface area contributed by atoms with Crippen molar-refractivity contribution in [1.29, 1.82) is 0 Å². The van der Waals surface area contributed by atoms with Gasteiger partial charge in [0.2, 0.25) is 0 Å². The minimum absolute atomic E-state index is 0.272. The normalized spacial score (nSPS) is 12.6. The highest BCUT2D eigenvalue weighted by atomic mass is 127. The molecule has 1 atom stereocenters. The second-order valence-corrected chi connectivity index (χ2v) is 7.76. The van der Waals surface area contributed by atoms with Crippen LogP contribution in [0.5, 0.6) is 0 Å². The zero-order chi connectivity index (χ0) is 13.8. The van der Waals surface area contributed by atoms with Crippen LogP contribution in [0.2, 0.25) is 0 Å². The van der Waals surface area contributed by atoms with Gasteiger partial charge in [0, 0.05) is 12.9 Å². The van der Waals surface area contributed by atoms with Crippen LogP contribution in [0.1, 0.15) is 35.4 Å². The quantitative estimate of drug-likeness (QED) is 0.593. The molecule has 4 heteroatoms. The third-order valence-corrected chi connectivity index (χ3v) is 5.22. The Morgan fingerprint density at radius 1 is 1.37 bits per heavy atom. The Labute approximate surface area is 141 Å². The maximum atomic E-state index is 3.69. The van der Waals surface area contributed by atoms with E-state index in [0.717, 1.165) is 13.0 Å². The molecule has 1 nitrogen and oxygen atoms in total. The summed E-state index contributed by atoms with van der Waals surface area (Å²) in [6.45, 7) is 5.39. The van der Waals surface area contributed by atoms with Crippen molar-refractivity contribution in [3.8, 4) is 0 Å². The summed E-state index contributed by atoms with van der Waals surface area (Å²) in [5.74, 6) is 0. The van der Waals surface area contributed by atoms with Crippen LogP contribution < -0.4 is 5.32 Å². The van der Waals surface area contributed by atoms with Crippen molar-refractivity contribution in [3.05, 3.63) is 53.7 Å². The van der Waals surface area contributed by atoms with E-state index in [0.29, 0.717) is 0 Å². The number of benzene rings is 1. The van der Waals surface area contributed by atoms with Crippen LogP contribution in [0.25, 0.3) is 0 Å². The van der Waals surface area contributed by atoms with E-state index in [1.807, 2.05) is 11.3 Å². The van der Waals surface area contributed by atoms with Gasteiger partial charge in [0.15, 0.2) is 0 Å².